The summed E-state index contributed by atoms with van der Waals surface area (Å²) < 4.78 is 36.1. The van der Waals surface area contributed by atoms with E-state index >= 15 is 0 Å². The maximum absolute atomic E-state index is 14.3. The summed E-state index contributed by atoms with van der Waals surface area (Å²) in [6, 6.07) is 0. The van der Waals surface area contributed by atoms with Crippen LogP contribution in [0.5, 0.6) is 0 Å². The number of hydrogen-bond donors (Lipinski definition) is 0. The minimum absolute atomic E-state index is 0.882. The van der Waals surface area contributed by atoms with E-state index in [0.717, 1.165) is 27.9 Å². The first-order valence-electron chi connectivity index (χ1n) is 6.63. The lowest BCUT2D eigenvalue weighted by atomic mass is 9.98. The highest BCUT2D eigenvalue weighted by Gasteiger charge is 2.63. The van der Waals surface area contributed by atoms with Gasteiger partial charge in [0.1, 0.15) is 0 Å². The third-order valence-corrected chi connectivity index (χ3v) is 3.85. The lowest BCUT2D eigenvalue weighted by molar-refractivity contribution is -0.278. The van der Waals surface area contributed by atoms with Crippen molar-refractivity contribution in [2.75, 3.05) is 7.11 Å². The van der Waals surface area contributed by atoms with E-state index in [-0.39, 0.29) is 0 Å². The average Bonchev–Trinajstić information content (AvgIpc) is 2.45. The number of rotatable bonds is 4. The number of ether oxygens (including phenoxy) is 5. The van der Waals surface area contributed by atoms with Crippen molar-refractivity contribution in [1.82, 2.24) is 0 Å². The molecule has 1 aliphatic heterocycles. The first kappa shape index (κ1) is 20.3. The quantitative estimate of drug-likeness (QED) is 0.365. The van der Waals surface area contributed by atoms with Crippen molar-refractivity contribution in [3.05, 3.63) is 0 Å². The third-order valence-electron chi connectivity index (χ3n) is 2.89. The lowest BCUT2D eigenvalue weighted by Crippen LogP contribution is -2.66. The number of esters is 4. The van der Waals surface area contributed by atoms with E-state index in [0.29, 0.717) is 0 Å². The van der Waals surface area contributed by atoms with Crippen molar-refractivity contribution in [2.24, 2.45) is 0 Å². The number of carbonyl (C=O) groups is 4. The van der Waals surface area contributed by atoms with Gasteiger partial charge in [-0.25, -0.2) is 9.18 Å². The third kappa shape index (κ3) is 4.41. The molecule has 1 saturated heterocycles. The maximum atomic E-state index is 14.3. The minimum atomic E-state index is -2.37. The summed E-state index contributed by atoms with van der Waals surface area (Å²) in [6.45, 7) is 3.01. The van der Waals surface area contributed by atoms with Crippen LogP contribution in [0.4, 0.5) is 4.39 Å². The van der Waals surface area contributed by atoms with Gasteiger partial charge in [0.05, 0.1) is 7.11 Å². The molecule has 136 valence electrons. The van der Waals surface area contributed by atoms with E-state index in [4.69, 9.17) is 18.9 Å². The highest BCUT2D eigenvalue weighted by atomic mass is 79.9. The Kier molecular flexibility index (Phi) is 6.67. The molecule has 1 fully saturated rings. The van der Waals surface area contributed by atoms with E-state index in [1.165, 1.54) is 0 Å². The molecule has 0 aromatic rings. The molecule has 5 atom stereocenters. The van der Waals surface area contributed by atoms with Gasteiger partial charge in [-0.05, 0) is 15.9 Å². The van der Waals surface area contributed by atoms with Crippen LogP contribution < -0.4 is 0 Å². The van der Waals surface area contributed by atoms with Crippen molar-refractivity contribution < 1.29 is 47.3 Å². The molecule has 0 aliphatic carbocycles. The number of alkyl halides is 2. The van der Waals surface area contributed by atoms with Crippen LogP contribution >= 0.6 is 15.9 Å². The Hall–Kier alpha value is -1.75. The summed E-state index contributed by atoms with van der Waals surface area (Å²) in [6.07, 6.45) is -7.46. The lowest BCUT2D eigenvalue weighted by Gasteiger charge is -2.44. The zero-order chi connectivity index (χ0) is 18.7. The Labute approximate surface area is 144 Å². The molecule has 5 unspecified atom stereocenters. The predicted octanol–water partition coefficient (Wildman–Crippen LogP) is 0.371. The summed E-state index contributed by atoms with van der Waals surface area (Å²) in [4.78, 5) is 45.9. The molecule has 0 aromatic carbocycles. The van der Waals surface area contributed by atoms with Gasteiger partial charge in [0.2, 0.25) is 6.36 Å². The summed E-state index contributed by atoms with van der Waals surface area (Å²) >= 11 is 2.84. The molecule has 11 heteroatoms. The van der Waals surface area contributed by atoms with Crippen LogP contribution in [0.2, 0.25) is 0 Å². The van der Waals surface area contributed by atoms with Gasteiger partial charge in [-0.3, -0.25) is 14.4 Å². The van der Waals surface area contributed by atoms with Gasteiger partial charge in [-0.2, -0.15) is 0 Å². The summed E-state index contributed by atoms with van der Waals surface area (Å²) in [7, 11) is 0.992. The van der Waals surface area contributed by atoms with Gasteiger partial charge < -0.3 is 23.7 Å². The number of hydrogen-bond acceptors (Lipinski definition) is 9. The fourth-order valence-corrected chi connectivity index (χ4v) is 2.78. The van der Waals surface area contributed by atoms with Crippen molar-refractivity contribution >= 4 is 39.8 Å². The van der Waals surface area contributed by atoms with E-state index in [2.05, 4.69) is 20.7 Å². The Balaban J connectivity index is 3.37. The van der Waals surface area contributed by atoms with E-state index in [9.17, 15) is 23.6 Å². The largest absolute Gasteiger partial charge is 0.466 e. The van der Waals surface area contributed by atoms with Gasteiger partial charge in [0, 0.05) is 20.8 Å². The monoisotopic (exact) mass is 414 g/mol. The molecule has 1 heterocycles. The summed E-state index contributed by atoms with van der Waals surface area (Å²) in [5.41, 5.74) is 0. The fourth-order valence-electron chi connectivity index (χ4n) is 2.09. The Morgan fingerprint density at radius 1 is 0.958 bits per heavy atom. The van der Waals surface area contributed by atoms with Crippen LogP contribution in [0.15, 0.2) is 0 Å². The highest BCUT2D eigenvalue weighted by Crippen LogP contribution is 2.41. The van der Waals surface area contributed by atoms with Crippen LogP contribution in [-0.2, 0) is 42.9 Å². The molecule has 0 saturated carbocycles. The zero-order valence-corrected chi connectivity index (χ0v) is 14.8. The molecule has 0 N–H and O–H groups in total. The molecule has 1 aliphatic rings. The normalized spacial score (nSPS) is 32.4. The SMILES string of the molecule is COC(=O)C1(Br)OC(F)C(OC(C)=O)C(OC(C)=O)C1OC(C)=O. The molecule has 0 spiro atoms. The topological polar surface area (TPSA) is 114 Å². The highest BCUT2D eigenvalue weighted by molar-refractivity contribution is 9.10. The average molecular weight is 415 g/mol. The second-order valence-corrected chi connectivity index (χ2v) is 5.96. The second-order valence-electron chi connectivity index (χ2n) is 4.78. The second kappa shape index (κ2) is 7.88. The van der Waals surface area contributed by atoms with Gasteiger partial charge in [0.25, 0.3) is 4.51 Å². The Morgan fingerprint density at radius 2 is 1.42 bits per heavy atom. The number of methoxy groups -OCH3 is 1. The Bertz CT molecular complexity index is 540. The van der Waals surface area contributed by atoms with Crippen LogP contribution in [0, 0.1) is 0 Å². The first-order valence-corrected chi connectivity index (χ1v) is 7.43. The van der Waals surface area contributed by atoms with E-state index < -0.39 is 53.1 Å². The standard InChI is InChI=1S/C13H16BrFO9/c1-5(16)21-8-9(22-6(2)17)11(15)24-13(14,12(19)20-4)10(8)23-7(3)18/h8-11H,1-4H3. The fraction of sp³-hybridized carbons (Fsp3) is 0.692. The van der Waals surface area contributed by atoms with Gasteiger partial charge >= 0.3 is 23.9 Å². The number of carbonyl (C=O) groups excluding carboxylic acids is 4. The van der Waals surface area contributed by atoms with Crippen molar-refractivity contribution in [3.8, 4) is 0 Å². The van der Waals surface area contributed by atoms with Gasteiger partial charge in [0.15, 0.2) is 18.3 Å². The van der Waals surface area contributed by atoms with Crippen LogP contribution in [-0.4, -0.2) is 60.2 Å². The first-order chi connectivity index (χ1) is 11.0. The van der Waals surface area contributed by atoms with Crippen LogP contribution in [0.25, 0.3) is 0 Å². The summed E-state index contributed by atoms with van der Waals surface area (Å²) in [5, 5.41) is 0. The van der Waals surface area contributed by atoms with E-state index in [1.807, 2.05) is 0 Å². The maximum Gasteiger partial charge on any atom is 0.353 e. The molecular formula is C13H16BrFO9. The zero-order valence-electron chi connectivity index (χ0n) is 13.2. The van der Waals surface area contributed by atoms with Crippen LogP contribution in [0.1, 0.15) is 20.8 Å². The molecule has 9 nitrogen and oxygen atoms in total. The molecule has 1 rings (SSSR count). The molecule has 0 amide bonds. The summed E-state index contributed by atoms with van der Waals surface area (Å²) in [5.74, 6) is -3.81. The number of halogens is 2. The van der Waals surface area contributed by atoms with Crippen LogP contribution in [0.3, 0.4) is 0 Å². The Morgan fingerprint density at radius 3 is 1.83 bits per heavy atom. The minimum Gasteiger partial charge on any atom is -0.466 e. The van der Waals surface area contributed by atoms with Gasteiger partial charge in [-0.1, -0.05) is 0 Å². The van der Waals surface area contributed by atoms with Gasteiger partial charge in [-0.15, -0.1) is 0 Å². The van der Waals surface area contributed by atoms with Crippen molar-refractivity contribution in [3.63, 3.8) is 0 Å². The smallest absolute Gasteiger partial charge is 0.353 e. The van der Waals surface area contributed by atoms with Crippen molar-refractivity contribution in [2.45, 2.75) is 50.0 Å². The molecule has 0 aromatic heterocycles. The predicted molar refractivity (Wildman–Crippen MR) is 76.3 cm³/mol. The van der Waals surface area contributed by atoms with Crippen molar-refractivity contribution in [1.29, 1.82) is 0 Å². The molecule has 0 radical (unpaired) electrons. The molecular weight excluding hydrogens is 399 g/mol. The molecule has 24 heavy (non-hydrogen) atoms. The molecule has 0 bridgehead atoms. The van der Waals surface area contributed by atoms with E-state index in [1.54, 1.807) is 0 Å².